The van der Waals surface area contributed by atoms with Crippen LogP contribution in [0.1, 0.15) is 31.5 Å². The monoisotopic (exact) mass is 266 g/mol. The van der Waals surface area contributed by atoms with Gasteiger partial charge in [0.15, 0.2) is 5.75 Å². The molecule has 2 rings (SSSR count). The number of aromatic nitrogens is 1. The van der Waals surface area contributed by atoms with Gasteiger partial charge in [-0.15, -0.1) is 0 Å². The summed E-state index contributed by atoms with van der Waals surface area (Å²) in [6.07, 6.45) is 1.51. The largest absolute Gasteiger partial charge is 0.491 e. The summed E-state index contributed by atoms with van der Waals surface area (Å²) in [5.41, 5.74) is 0.967. The van der Waals surface area contributed by atoms with E-state index in [2.05, 4.69) is 16.8 Å². The van der Waals surface area contributed by atoms with E-state index in [1.54, 1.807) is 14.2 Å². The molecule has 2 heterocycles. The predicted molar refractivity (Wildman–Crippen MR) is 72.6 cm³/mol. The van der Waals surface area contributed by atoms with Gasteiger partial charge in [-0.05, 0) is 31.9 Å². The van der Waals surface area contributed by atoms with Crippen molar-refractivity contribution in [3.8, 4) is 11.6 Å². The summed E-state index contributed by atoms with van der Waals surface area (Å²) >= 11 is 0. The fourth-order valence-corrected chi connectivity index (χ4v) is 2.44. The van der Waals surface area contributed by atoms with Crippen LogP contribution in [0.5, 0.6) is 11.6 Å². The number of hydrogen-bond acceptors (Lipinski definition) is 5. The first-order chi connectivity index (χ1) is 9.15. The molecule has 1 N–H and O–H groups in total. The molecule has 1 aliphatic rings. The highest BCUT2D eigenvalue weighted by Gasteiger charge is 2.23. The molecule has 0 bridgehead atoms. The minimum Gasteiger partial charge on any atom is -0.491 e. The van der Waals surface area contributed by atoms with Crippen molar-refractivity contribution >= 4 is 0 Å². The SMILES string of the molecule is COc1ccc(C(C)N2CCC(O)CC2)nc1OC. The first-order valence-corrected chi connectivity index (χ1v) is 6.66. The number of methoxy groups -OCH3 is 2. The van der Waals surface area contributed by atoms with Crippen LogP contribution in [0.15, 0.2) is 12.1 Å². The molecule has 0 aliphatic carbocycles. The highest BCUT2D eigenvalue weighted by atomic mass is 16.5. The highest BCUT2D eigenvalue weighted by molar-refractivity contribution is 5.35. The average molecular weight is 266 g/mol. The number of pyridine rings is 1. The maximum absolute atomic E-state index is 9.55. The zero-order valence-electron chi connectivity index (χ0n) is 11.8. The second-order valence-electron chi connectivity index (χ2n) is 4.89. The molecule has 1 aromatic rings. The molecule has 0 aromatic carbocycles. The van der Waals surface area contributed by atoms with Crippen LogP contribution in [-0.4, -0.2) is 48.4 Å². The minimum atomic E-state index is -0.151. The van der Waals surface area contributed by atoms with E-state index in [1.165, 1.54) is 0 Å². The van der Waals surface area contributed by atoms with Gasteiger partial charge in [0.2, 0.25) is 0 Å². The lowest BCUT2D eigenvalue weighted by molar-refractivity contribution is 0.0634. The van der Waals surface area contributed by atoms with Crippen molar-refractivity contribution in [3.63, 3.8) is 0 Å². The lowest BCUT2D eigenvalue weighted by Crippen LogP contribution is -2.37. The number of ether oxygens (including phenoxy) is 2. The fraction of sp³-hybridized carbons (Fsp3) is 0.643. The van der Waals surface area contributed by atoms with E-state index in [-0.39, 0.29) is 12.1 Å². The number of likely N-dealkylation sites (tertiary alicyclic amines) is 1. The number of aliphatic hydroxyl groups excluding tert-OH is 1. The van der Waals surface area contributed by atoms with Gasteiger partial charge in [0.05, 0.1) is 26.0 Å². The Labute approximate surface area is 114 Å². The second-order valence-corrected chi connectivity index (χ2v) is 4.89. The summed E-state index contributed by atoms with van der Waals surface area (Å²) in [7, 11) is 3.20. The standard InChI is InChI=1S/C14H22N2O3/c1-10(16-8-6-11(17)7-9-16)12-4-5-13(18-2)14(15-12)19-3/h4-5,10-11,17H,6-9H2,1-3H3. The fourth-order valence-electron chi connectivity index (χ4n) is 2.44. The van der Waals surface area contributed by atoms with Gasteiger partial charge >= 0.3 is 0 Å². The molecule has 1 aliphatic heterocycles. The average Bonchev–Trinajstić information content (AvgIpc) is 2.46. The topological polar surface area (TPSA) is 54.8 Å². The van der Waals surface area contributed by atoms with Crippen LogP contribution in [0.2, 0.25) is 0 Å². The van der Waals surface area contributed by atoms with Gasteiger partial charge in [0.25, 0.3) is 5.88 Å². The van der Waals surface area contributed by atoms with Crippen molar-refractivity contribution in [1.82, 2.24) is 9.88 Å². The summed E-state index contributed by atoms with van der Waals surface area (Å²) in [6, 6.07) is 4.07. The third kappa shape index (κ3) is 3.16. The van der Waals surface area contributed by atoms with Crippen LogP contribution in [0.3, 0.4) is 0 Å². The van der Waals surface area contributed by atoms with Gasteiger partial charge < -0.3 is 14.6 Å². The van der Waals surface area contributed by atoms with Crippen LogP contribution in [-0.2, 0) is 0 Å². The van der Waals surface area contributed by atoms with E-state index < -0.39 is 0 Å². The summed E-state index contributed by atoms with van der Waals surface area (Å²) in [4.78, 5) is 6.84. The molecule has 1 fully saturated rings. The smallest absolute Gasteiger partial charge is 0.257 e. The quantitative estimate of drug-likeness (QED) is 0.897. The molecule has 5 heteroatoms. The van der Waals surface area contributed by atoms with E-state index in [0.29, 0.717) is 11.6 Å². The summed E-state index contributed by atoms with van der Waals surface area (Å²) in [6.45, 7) is 3.93. The van der Waals surface area contributed by atoms with E-state index in [1.807, 2.05) is 12.1 Å². The van der Waals surface area contributed by atoms with Gasteiger partial charge in [0.1, 0.15) is 0 Å². The van der Waals surface area contributed by atoms with Crippen molar-refractivity contribution < 1.29 is 14.6 Å². The zero-order chi connectivity index (χ0) is 13.8. The Morgan fingerprint density at radius 1 is 1.26 bits per heavy atom. The van der Waals surface area contributed by atoms with Crippen LogP contribution < -0.4 is 9.47 Å². The van der Waals surface area contributed by atoms with Crippen molar-refractivity contribution in [2.75, 3.05) is 27.3 Å². The van der Waals surface area contributed by atoms with E-state index >= 15 is 0 Å². The Balaban J connectivity index is 2.12. The minimum absolute atomic E-state index is 0.151. The lowest BCUT2D eigenvalue weighted by atomic mass is 10.0. The predicted octanol–water partition coefficient (Wildman–Crippen LogP) is 1.62. The third-order valence-corrected chi connectivity index (χ3v) is 3.73. The Morgan fingerprint density at radius 3 is 2.53 bits per heavy atom. The molecule has 0 saturated carbocycles. The Morgan fingerprint density at radius 2 is 1.95 bits per heavy atom. The zero-order valence-corrected chi connectivity index (χ0v) is 11.8. The van der Waals surface area contributed by atoms with Crippen LogP contribution in [0.4, 0.5) is 0 Å². The van der Waals surface area contributed by atoms with Crippen LogP contribution >= 0.6 is 0 Å². The molecular weight excluding hydrogens is 244 g/mol. The van der Waals surface area contributed by atoms with Gasteiger partial charge in [-0.25, -0.2) is 4.98 Å². The summed E-state index contributed by atoms with van der Waals surface area (Å²) in [5.74, 6) is 1.16. The molecule has 19 heavy (non-hydrogen) atoms. The maximum atomic E-state index is 9.55. The molecule has 1 unspecified atom stereocenters. The van der Waals surface area contributed by atoms with Crippen molar-refractivity contribution in [2.45, 2.75) is 31.9 Å². The van der Waals surface area contributed by atoms with Crippen LogP contribution in [0, 0.1) is 0 Å². The second kappa shape index (κ2) is 6.21. The van der Waals surface area contributed by atoms with Gasteiger partial charge in [-0.3, -0.25) is 4.90 Å². The first kappa shape index (κ1) is 14.1. The Bertz CT molecular complexity index is 417. The van der Waals surface area contributed by atoms with E-state index in [0.717, 1.165) is 31.6 Å². The van der Waals surface area contributed by atoms with Gasteiger partial charge in [-0.1, -0.05) is 0 Å². The molecular formula is C14H22N2O3. The summed E-state index contributed by atoms with van der Waals surface area (Å²) in [5, 5.41) is 9.55. The summed E-state index contributed by atoms with van der Waals surface area (Å²) < 4.78 is 10.4. The van der Waals surface area contributed by atoms with Crippen molar-refractivity contribution in [3.05, 3.63) is 17.8 Å². The van der Waals surface area contributed by atoms with Crippen molar-refractivity contribution in [1.29, 1.82) is 0 Å². The third-order valence-electron chi connectivity index (χ3n) is 3.73. The van der Waals surface area contributed by atoms with E-state index in [4.69, 9.17) is 9.47 Å². The lowest BCUT2D eigenvalue weighted by Gasteiger charge is -2.34. The number of hydrogen-bond donors (Lipinski definition) is 1. The number of piperidine rings is 1. The molecule has 0 spiro atoms. The first-order valence-electron chi connectivity index (χ1n) is 6.66. The van der Waals surface area contributed by atoms with E-state index in [9.17, 15) is 5.11 Å². The number of aliphatic hydroxyl groups is 1. The van der Waals surface area contributed by atoms with Crippen molar-refractivity contribution in [2.24, 2.45) is 0 Å². The Hall–Kier alpha value is -1.33. The van der Waals surface area contributed by atoms with Gasteiger partial charge in [-0.2, -0.15) is 0 Å². The Kier molecular flexibility index (Phi) is 4.61. The number of nitrogens with zero attached hydrogens (tertiary/aromatic N) is 2. The molecule has 1 saturated heterocycles. The molecule has 106 valence electrons. The molecule has 0 amide bonds. The number of rotatable bonds is 4. The molecule has 1 aromatic heterocycles. The maximum Gasteiger partial charge on any atom is 0.257 e. The highest BCUT2D eigenvalue weighted by Crippen LogP contribution is 2.29. The molecule has 5 nitrogen and oxygen atoms in total. The molecule has 1 atom stereocenters. The molecule has 0 radical (unpaired) electrons. The van der Waals surface area contributed by atoms with Gasteiger partial charge in [0, 0.05) is 19.1 Å². The normalized spacial score (nSPS) is 19.2. The van der Waals surface area contributed by atoms with Crippen LogP contribution in [0.25, 0.3) is 0 Å².